The molecule has 192 valence electrons. The van der Waals surface area contributed by atoms with E-state index in [-0.39, 0.29) is 36.1 Å². The van der Waals surface area contributed by atoms with Gasteiger partial charge in [-0.3, -0.25) is 9.59 Å². The molecule has 3 aliphatic rings. The monoisotopic (exact) mass is 501 g/mol. The number of oxazole rings is 1. The lowest BCUT2D eigenvalue weighted by molar-refractivity contribution is -0.134. The average molecular weight is 502 g/mol. The van der Waals surface area contributed by atoms with Gasteiger partial charge in [0.2, 0.25) is 11.8 Å². The molecule has 8 nitrogen and oxygen atoms in total. The first-order valence-electron chi connectivity index (χ1n) is 13.0. The van der Waals surface area contributed by atoms with Gasteiger partial charge in [0, 0.05) is 25.6 Å². The van der Waals surface area contributed by atoms with Crippen LogP contribution >= 0.6 is 0 Å². The van der Waals surface area contributed by atoms with E-state index in [4.69, 9.17) is 13.9 Å². The van der Waals surface area contributed by atoms with Gasteiger partial charge in [0.05, 0.1) is 19.3 Å². The van der Waals surface area contributed by atoms with Crippen molar-refractivity contribution in [1.82, 2.24) is 14.8 Å². The number of morpholine rings is 1. The van der Waals surface area contributed by atoms with Crippen LogP contribution in [0.5, 0.6) is 5.75 Å². The maximum absolute atomic E-state index is 13.2. The summed E-state index contributed by atoms with van der Waals surface area (Å²) in [6.45, 7) is 5.06. The highest BCUT2D eigenvalue weighted by molar-refractivity contribution is 5.92. The van der Waals surface area contributed by atoms with Crippen molar-refractivity contribution in [3.05, 3.63) is 82.6 Å². The van der Waals surface area contributed by atoms with E-state index in [9.17, 15) is 9.59 Å². The number of carbonyl (C=O) groups excluding carboxylic acids is 2. The van der Waals surface area contributed by atoms with Crippen molar-refractivity contribution in [2.45, 2.75) is 38.8 Å². The highest BCUT2D eigenvalue weighted by atomic mass is 16.5. The summed E-state index contributed by atoms with van der Waals surface area (Å²) in [7, 11) is 0. The van der Waals surface area contributed by atoms with Crippen LogP contribution in [0.25, 0.3) is 0 Å². The Bertz CT molecular complexity index is 1290. The maximum Gasteiger partial charge on any atom is 0.275 e. The van der Waals surface area contributed by atoms with Crippen LogP contribution in [-0.2, 0) is 22.6 Å². The van der Waals surface area contributed by atoms with Crippen LogP contribution in [0.15, 0.2) is 53.1 Å². The van der Waals surface area contributed by atoms with Crippen molar-refractivity contribution in [2.24, 2.45) is 5.92 Å². The average Bonchev–Trinajstić information content (AvgIpc) is 3.68. The molecule has 0 radical (unpaired) electrons. The summed E-state index contributed by atoms with van der Waals surface area (Å²) < 4.78 is 16.9. The van der Waals surface area contributed by atoms with Gasteiger partial charge in [-0.15, -0.1) is 0 Å². The zero-order valence-corrected chi connectivity index (χ0v) is 21.0. The molecule has 2 amide bonds. The van der Waals surface area contributed by atoms with E-state index in [1.54, 1.807) is 4.90 Å². The van der Waals surface area contributed by atoms with E-state index in [2.05, 4.69) is 42.2 Å². The third-order valence-corrected chi connectivity index (χ3v) is 7.38. The summed E-state index contributed by atoms with van der Waals surface area (Å²) in [4.78, 5) is 34.0. The van der Waals surface area contributed by atoms with Gasteiger partial charge in [0.1, 0.15) is 12.0 Å². The maximum atomic E-state index is 13.2. The van der Waals surface area contributed by atoms with Crippen molar-refractivity contribution < 1.29 is 23.5 Å². The Morgan fingerprint density at radius 3 is 2.59 bits per heavy atom. The van der Waals surface area contributed by atoms with Crippen molar-refractivity contribution in [2.75, 3.05) is 32.8 Å². The Hall–Kier alpha value is -3.65. The molecule has 1 saturated heterocycles. The lowest BCUT2D eigenvalue weighted by atomic mass is 9.87. The zero-order valence-electron chi connectivity index (χ0n) is 21.0. The molecule has 3 heterocycles. The SMILES string of the molecule is Cc1ccc([C@@H]2c3cc(OCc4nc(C(=O)N5CCOCC5)co4)ccc3CCN2C(=O)C2CC2)cc1. The van der Waals surface area contributed by atoms with E-state index in [1.165, 1.54) is 17.4 Å². The van der Waals surface area contributed by atoms with E-state index in [0.29, 0.717) is 37.9 Å². The fraction of sp³-hybridized carbons (Fsp3) is 0.414. The molecule has 2 aromatic carbocycles. The second-order valence-electron chi connectivity index (χ2n) is 10.0. The number of fused-ring (bicyclic) bond motifs is 1. The van der Waals surface area contributed by atoms with Gasteiger partial charge in [-0.25, -0.2) is 4.98 Å². The number of amides is 2. The number of aromatic nitrogens is 1. The number of hydrogen-bond acceptors (Lipinski definition) is 6. The first-order valence-corrected chi connectivity index (χ1v) is 13.0. The molecule has 3 aromatic rings. The van der Waals surface area contributed by atoms with Crippen molar-refractivity contribution in [1.29, 1.82) is 0 Å². The molecule has 1 atom stereocenters. The number of ether oxygens (including phenoxy) is 2. The smallest absolute Gasteiger partial charge is 0.275 e. The Morgan fingerprint density at radius 2 is 1.84 bits per heavy atom. The van der Waals surface area contributed by atoms with Crippen LogP contribution in [0.4, 0.5) is 0 Å². The Kier molecular flexibility index (Phi) is 6.42. The minimum atomic E-state index is -0.159. The van der Waals surface area contributed by atoms with Gasteiger partial charge < -0.3 is 23.7 Å². The fourth-order valence-electron chi connectivity index (χ4n) is 5.14. The molecule has 0 spiro atoms. The van der Waals surface area contributed by atoms with Crippen molar-refractivity contribution in [3.8, 4) is 5.75 Å². The normalized spacial score (nSPS) is 19.4. The van der Waals surface area contributed by atoms with E-state index in [0.717, 1.165) is 36.9 Å². The molecule has 37 heavy (non-hydrogen) atoms. The predicted molar refractivity (Wildman–Crippen MR) is 135 cm³/mol. The fourth-order valence-corrected chi connectivity index (χ4v) is 5.14. The number of benzene rings is 2. The van der Waals surface area contributed by atoms with Crippen LogP contribution in [0.3, 0.4) is 0 Å². The zero-order chi connectivity index (χ0) is 25.4. The number of carbonyl (C=O) groups is 2. The standard InChI is InChI=1S/C29H31N3O5/c1-19-2-4-21(5-3-19)27-24-16-23(9-8-20(24)10-11-32(27)28(33)22-6-7-22)36-18-26-30-25(17-37-26)29(34)31-12-14-35-15-13-31/h2-5,8-9,16-17,22,27H,6-7,10-15,18H2,1H3/t27-/m1/s1. The Balaban J connectivity index is 1.21. The van der Waals surface area contributed by atoms with Crippen LogP contribution < -0.4 is 4.74 Å². The molecule has 0 N–H and O–H groups in total. The van der Waals surface area contributed by atoms with Gasteiger partial charge in [0.15, 0.2) is 12.3 Å². The summed E-state index contributed by atoms with van der Waals surface area (Å²) in [5.41, 5.74) is 4.90. The molecule has 2 aliphatic heterocycles. The number of rotatable bonds is 6. The Morgan fingerprint density at radius 1 is 1.05 bits per heavy atom. The summed E-state index contributed by atoms with van der Waals surface area (Å²) in [6.07, 6.45) is 4.18. The van der Waals surface area contributed by atoms with Crippen molar-refractivity contribution >= 4 is 11.8 Å². The first kappa shape index (κ1) is 23.7. The van der Waals surface area contributed by atoms with Crippen LogP contribution in [-0.4, -0.2) is 59.4 Å². The molecule has 2 fully saturated rings. The van der Waals surface area contributed by atoms with E-state index in [1.807, 2.05) is 17.0 Å². The molecular formula is C29H31N3O5. The lowest BCUT2D eigenvalue weighted by Crippen LogP contribution is -2.41. The summed E-state index contributed by atoms with van der Waals surface area (Å²) >= 11 is 0. The van der Waals surface area contributed by atoms with Crippen LogP contribution in [0, 0.1) is 12.8 Å². The van der Waals surface area contributed by atoms with Gasteiger partial charge in [0.25, 0.3) is 5.91 Å². The van der Waals surface area contributed by atoms with E-state index >= 15 is 0 Å². The van der Waals surface area contributed by atoms with Gasteiger partial charge in [-0.05, 0) is 55.0 Å². The highest BCUT2D eigenvalue weighted by Gasteiger charge is 2.39. The molecule has 0 unspecified atom stereocenters. The quantitative estimate of drug-likeness (QED) is 0.509. The van der Waals surface area contributed by atoms with Crippen LogP contribution in [0.1, 0.15) is 57.5 Å². The first-order chi connectivity index (χ1) is 18.1. The minimum absolute atomic E-state index is 0.106. The van der Waals surface area contributed by atoms with Crippen LogP contribution in [0.2, 0.25) is 0 Å². The largest absolute Gasteiger partial charge is 0.484 e. The number of hydrogen-bond donors (Lipinski definition) is 0. The second-order valence-corrected chi connectivity index (χ2v) is 10.0. The highest BCUT2D eigenvalue weighted by Crippen LogP contribution is 2.41. The minimum Gasteiger partial charge on any atom is -0.484 e. The predicted octanol–water partition coefficient (Wildman–Crippen LogP) is 3.92. The molecule has 1 aliphatic carbocycles. The lowest BCUT2D eigenvalue weighted by Gasteiger charge is -2.38. The van der Waals surface area contributed by atoms with Gasteiger partial charge >= 0.3 is 0 Å². The third-order valence-electron chi connectivity index (χ3n) is 7.38. The molecule has 6 rings (SSSR count). The summed E-state index contributed by atoms with van der Waals surface area (Å²) in [5, 5.41) is 0. The number of nitrogens with zero attached hydrogens (tertiary/aromatic N) is 3. The molecule has 1 saturated carbocycles. The third kappa shape index (κ3) is 4.98. The van der Waals surface area contributed by atoms with Gasteiger partial charge in [-0.2, -0.15) is 0 Å². The van der Waals surface area contributed by atoms with Gasteiger partial charge in [-0.1, -0.05) is 35.9 Å². The molecular weight excluding hydrogens is 470 g/mol. The summed E-state index contributed by atoms with van der Waals surface area (Å²) in [6, 6.07) is 14.4. The summed E-state index contributed by atoms with van der Waals surface area (Å²) in [5.74, 6) is 1.27. The van der Waals surface area contributed by atoms with Crippen molar-refractivity contribution in [3.63, 3.8) is 0 Å². The molecule has 0 bridgehead atoms. The second kappa shape index (κ2) is 10.0. The molecule has 8 heteroatoms. The topological polar surface area (TPSA) is 85.1 Å². The van der Waals surface area contributed by atoms with E-state index < -0.39 is 0 Å². The molecule has 1 aromatic heterocycles. The Labute approximate surface area is 216 Å². The number of aryl methyl sites for hydroxylation is 1.